The van der Waals surface area contributed by atoms with Crippen LogP contribution in [0.15, 0.2) is 54.6 Å². The van der Waals surface area contributed by atoms with Crippen molar-refractivity contribution < 1.29 is 19.1 Å². The Morgan fingerprint density at radius 2 is 1.43 bits per heavy atom. The number of piperidine rings is 1. The molecule has 0 saturated carbocycles. The number of amides is 4. The molecule has 8 heteroatoms. The SMILES string of the molecule is CC(C)(C)OC(=O)N1CCC(CNC(=O)N2CCN(C(=O)c3ccccc3)c3ccccc32)CC1. The van der Waals surface area contributed by atoms with E-state index >= 15 is 0 Å². The zero-order valence-electron chi connectivity index (χ0n) is 20.7. The number of hydrogen-bond donors (Lipinski definition) is 1. The second-order valence-electron chi connectivity index (χ2n) is 10.1. The molecule has 4 amide bonds. The molecule has 2 aromatic carbocycles. The molecule has 2 aliphatic rings. The van der Waals surface area contributed by atoms with E-state index in [2.05, 4.69) is 5.32 Å². The lowest BCUT2D eigenvalue weighted by molar-refractivity contribution is 0.0184. The van der Waals surface area contributed by atoms with Crippen LogP contribution in [0.2, 0.25) is 0 Å². The number of rotatable bonds is 3. The van der Waals surface area contributed by atoms with Gasteiger partial charge >= 0.3 is 12.1 Å². The highest BCUT2D eigenvalue weighted by Crippen LogP contribution is 2.34. The molecule has 2 heterocycles. The number of anilines is 2. The highest BCUT2D eigenvalue weighted by Gasteiger charge is 2.31. The average Bonchev–Trinajstić information content (AvgIpc) is 2.86. The van der Waals surface area contributed by atoms with Gasteiger partial charge in [-0.3, -0.25) is 9.69 Å². The monoisotopic (exact) mass is 478 g/mol. The summed E-state index contributed by atoms with van der Waals surface area (Å²) in [6.45, 7) is 8.22. The minimum absolute atomic E-state index is 0.0742. The summed E-state index contributed by atoms with van der Waals surface area (Å²) in [4.78, 5) is 43.7. The van der Waals surface area contributed by atoms with Gasteiger partial charge in [-0.05, 0) is 63.8 Å². The molecule has 1 saturated heterocycles. The third-order valence-electron chi connectivity index (χ3n) is 6.33. The second-order valence-corrected chi connectivity index (χ2v) is 10.1. The fraction of sp³-hybridized carbons (Fsp3) is 0.444. The van der Waals surface area contributed by atoms with E-state index in [-0.39, 0.29) is 18.0 Å². The Morgan fingerprint density at radius 3 is 2.06 bits per heavy atom. The topological polar surface area (TPSA) is 82.2 Å². The van der Waals surface area contributed by atoms with Gasteiger partial charge in [-0.1, -0.05) is 30.3 Å². The number of ether oxygens (including phenoxy) is 1. The van der Waals surface area contributed by atoms with E-state index in [1.165, 1.54) is 0 Å². The van der Waals surface area contributed by atoms with Crippen molar-refractivity contribution in [2.24, 2.45) is 5.92 Å². The van der Waals surface area contributed by atoms with E-state index in [0.717, 1.165) is 24.2 Å². The Kier molecular flexibility index (Phi) is 7.28. The van der Waals surface area contributed by atoms with Crippen molar-refractivity contribution in [1.82, 2.24) is 10.2 Å². The third-order valence-corrected chi connectivity index (χ3v) is 6.33. The number of likely N-dealkylation sites (tertiary alicyclic amines) is 1. The summed E-state index contributed by atoms with van der Waals surface area (Å²) in [7, 11) is 0. The van der Waals surface area contributed by atoms with Gasteiger partial charge in [0.05, 0.1) is 11.4 Å². The summed E-state index contributed by atoms with van der Waals surface area (Å²) in [5.74, 6) is 0.226. The maximum Gasteiger partial charge on any atom is 0.410 e. The third kappa shape index (κ3) is 5.93. The molecular weight excluding hydrogens is 444 g/mol. The van der Waals surface area contributed by atoms with Gasteiger partial charge in [0.1, 0.15) is 5.60 Å². The maximum atomic E-state index is 13.1. The fourth-order valence-corrected chi connectivity index (χ4v) is 4.49. The number of fused-ring (bicyclic) bond motifs is 1. The molecule has 0 radical (unpaired) electrons. The van der Waals surface area contributed by atoms with Crippen LogP contribution in [0.1, 0.15) is 44.0 Å². The molecule has 0 aliphatic carbocycles. The number of benzene rings is 2. The van der Waals surface area contributed by atoms with Crippen LogP contribution in [0, 0.1) is 5.92 Å². The summed E-state index contributed by atoms with van der Waals surface area (Å²) in [5, 5.41) is 3.07. The average molecular weight is 479 g/mol. The Hall–Kier alpha value is -3.55. The molecule has 8 nitrogen and oxygen atoms in total. The highest BCUT2D eigenvalue weighted by atomic mass is 16.6. The Morgan fingerprint density at radius 1 is 0.857 bits per heavy atom. The maximum absolute atomic E-state index is 13.1. The molecule has 2 aromatic rings. The standard InChI is InChI=1S/C27H34N4O4/c1-27(2,3)35-26(34)29-15-13-20(14-16-29)19-28-25(33)31-18-17-30(22-11-7-8-12-23(22)31)24(32)21-9-5-4-6-10-21/h4-12,20H,13-19H2,1-3H3,(H,28,33). The number of nitrogens with one attached hydrogen (secondary N) is 1. The van der Waals surface area contributed by atoms with Gasteiger partial charge < -0.3 is 19.9 Å². The largest absolute Gasteiger partial charge is 0.444 e. The van der Waals surface area contributed by atoms with Crippen LogP contribution >= 0.6 is 0 Å². The van der Waals surface area contributed by atoms with Crippen molar-refractivity contribution in [2.75, 3.05) is 42.5 Å². The van der Waals surface area contributed by atoms with E-state index < -0.39 is 5.60 Å². The highest BCUT2D eigenvalue weighted by molar-refractivity contribution is 6.10. The van der Waals surface area contributed by atoms with Gasteiger partial charge in [-0.25, -0.2) is 9.59 Å². The first-order valence-electron chi connectivity index (χ1n) is 12.2. The van der Waals surface area contributed by atoms with E-state index in [0.29, 0.717) is 44.2 Å². The van der Waals surface area contributed by atoms with Gasteiger partial charge in [-0.2, -0.15) is 0 Å². The van der Waals surface area contributed by atoms with Crippen LogP contribution in [-0.4, -0.2) is 61.3 Å². The first-order valence-corrected chi connectivity index (χ1v) is 12.2. The Balaban J connectivity index is 1.34. The molecular formula is C27H34N4O4. The van der Waals surface area contributed by atoms with Crippen molar-refractivity contribution in [2.45, 2.75) is 39.2 Å². The molecule has 0 unspecified atom stereocenters. The number of urea groups is 1. The lowest BCUT2D eigenvalue weighted by atomic mass is 9.97. The summed E-state index contributed by atoms with van der Waals surface area (Å²) in [6.07, 6.45) is 1.35. The molecule has 0 bridgehead atoms. The van der Waals surface area contributed by atoms with E-state index in [9.17, 15) is 14.4 Å². The van der Waals surface area contributed by atoms with Crippen molar-refractivity contribution in [3.63, 3.8) is 0 Å². The van der Waals surface area contributed by atoms with Crippen LogP contribution in [0.5, 0.6) is 0 Å². The van der Waals surface area contributed by atoms with Crippen LogP contribution in [0.4, 0.5) is 21.0 Å². The van der Waals surface area contributed by atoms with Crippen LogP contribution in [-0.2, 0) is 4.74 Å². The van der Waals surface area contributed by atoms with Crippen molar-refractivity contribution >= 4 is 29.4 Å². The lowest BCUT2D eigenvalue weighted by Crippen LogP contribution is -2.51. The minimum atomic E-state index is -0.506. The molecule has 0 spiro atoms. The van der Waals surface area contributed by atoms with Gasteiger partial charge in [0.15, 0.2) is 0 Å². The van der Waals surface area contributed by atoms with Gasteiger partial charge in [0.2, 0.25) is 0 Å². The smallest absolute Gasteiger partial charge is 0.410 e. The Bertz CT molecular complexity index is 1060. The Labute approximate surface area is 206 Å². The number of para-hydroxylation sites is 2. The zero-order chi connectivity index (χ0) is 25.0. The number of carbonyl (C=O) groups excluding carboxylic acids is 3. The van der Waals surface area contributed by atoms with Crippen LogP contribution in [0.25, 0.3) is 0 Å². The molecule has 0 aromatic heterocycles. The van der Waals surface area contributed by atoms with Crippen molar-refractivity contribution in [3.8, 4) is 0 Å². The molecule has 1 fully saturated rings. The minimum Gasteiger partial charge on any atom is -0.444 e. The lowest BCUT2D eigenvalue weighted by Gasteiger charge is -2.37. The first-order chi connectivity index (χ1) is 16.7. The summed E-state index contributed by atoms with van der Waals surface area (Å²) in [6, 6.07) is 16.5. The van der Waals surface area contributed by atoms with Crippen LogP contribution < -0.4 is 15.1 Å². The predicted molar refractivity (Wildman–Crippen MR) is 136 cm³/mol. The van der Waals surface area contributed by atoms with Gasteiger partial charge in [0.25, 0.3) is 5.91 Å². The number of nitrogens with zero attached hydrogens (tertiary/aromatic N) is 3. The van der Waals surface area contributed by atoms with E-state index in [1.54, 1.807) is 26.8 Å². The molecule has 1 N–H and O–H groups in total. The molecule has 0 atom stereocenters. The fourth-order valence-electron chi connectivity index (χ4n) is 4.49. The zero-order valence-corrected chi connectivity index (χ0v) is 20.7. The van der Waals surface area contributed by atoms with Crippen LogP contribution in [0.3, 0.4) is 0 Å². The number of hydrogen-bond acceptors (Lipinski definition) is 4. The van der Waals surface area contributed by atoms with Crippen molar-refractivity contribution in [3.05, 3.63) is 60.2 Å². The number of carbonyl (C=O) groups is 3. The normalized spacial score (nSPS) is 16.5. The summed E-state index contributed by atoms with van der Waals surface area (Å²) >= 11 is 0. The van der Waals surface area contributed by atoms with E-state index in [4.69, 9.17) is 4.74 Å². The quantitative estimate of drug-likeness (QED) is 0.704. The first kappa shape index (κ1) is 24.6. The van der Waals surface area contributed by atoms with Gasteiger partial charge in [0, 0.05) is 38.3 Å². The summed E-state index contributed by atoms with van der Waals surface area (Å²) < 4.78 is 5.46. The summed E-state index contributed by atoms with van der Waals surface area (Å²) in [5.41, 5.74) is 1.57. The predicted octanol–water partition coefficient (Wildman–Crippen LogP) is 4.51. The van der Waals surface area contributed by atoms with E-state index in [1.807, 2.05) is 63.2 Å². The van der Waals surface area contributed by atoms with Gasteiger partial charge in [-0.15, -0.1) is 0 Å². The second kappa shape index (κ2) is 10.4. The van der Waals surface area contributed by atoms with Crippen molar-refractivity contribution in [1.29, 1.82) is 0 Å². The molecule has 4 rings (SSSR count). The molecule has 35 heavy (non-hydrogen) atoms. The molecule has 186 valence electrons. The molecule has 2 aliphatic heterocycles.